The molecule has 164 valence electrons. The topological polar surface area (TPSA) is 84.0 Å². The molecular weight excluding hydrogens is 495 g/mol. The average Bonchev–Trinajstić information content (AvgIpc) is 2.69. The van der Waals surface area contributed by atoms with Gasteiger partial charge in [0.25, 0.3) is 5.91 Å². The van der Waals surface area contributed by atoms with Crippen molar-refractivity contribution in [3.8, 4) is 11.5 Å². The summed E-state index contributed by atoms with van der Waals surface area (Å²) in [7, 11) is 4.89. The van der Waals surface area contributed by atoms with E-state index in [0.717, 1.165) is 11.3 Å². The largest absolute Gasteiger partial charge is 0.493 e. The van der Waals surface area contributed by atoms with Gasteiger partial charge < -0.3 is 25.4 Å². The van der Waals surface area contributed by atoms with Gasteiger partial charge in [-0.05, 0) is 50.6 Å². The van der Waals surface area contributed by atoms with E-state index in [1.165, 1.54) is 0 Å². The van der Waals surface area contributed by atoms with E-state index >= 15 is 0 Å². The molecule has 0 bridgehead atoms. The fourth-order valence-corrected chi connectivity index (χ4v) is 2.65. The molecule has 2 aromatic carbocycles. The number of anilines is 1. The molecule has 7 nitrogen and oxygen atoms in total. The van der Waals surface area contributed by atoms with Gasteiger partial charge in [0.15, 0.2) is 17.5 Å². The van der Waals surface area contributed by atoms with Gasteiger partial charge in [0.2, 0.25) is 0 Å². The third-order valence-corrected chi connectivity index (χ3v) is 4.01. The van der Waals surface area contributed by atoms with E-state index in [1.54, 1.807) is 27.3 Å². The number of rotatable bonds is 6. The van der Waals surface area contributed by atoms with Crippen molar-refractivity contribution >= 4 is 41.5 Å². The first-order valence-corrected chi connectivity index (χ1v) is 9.37. The number of methoxy groups -OCH3 is 2. The van der Waals surface area contributed by atoms with Crippen LogP contribution in [0, 0.1) is 0 Å². The first kappa shape index (κ1) is 25.5. The van der Waals surface area contributed by atoms with Crippen molar-refractivity contribution in [3.63, 3.8) is 0 Å². The highest BCUT2D eigenvalue weighted by atomic mass is 127. The van der Waals surface area contributed by atoms with Gasteiger partial charge in [0, 0.05) is 36.4 Å². The number of nitrogens with one attached hydrogen (secondary N) is 3. The van der Waals surface area contributed by atoms with Crippen LogP contribution in [0.2, 0.25) is 0 Å². The fourth-order valence-electron chi connectivity index (χ4n) is 2.65. The number of ether oxygens (including phenoxy) is 2. The molecule has 8 heteroatoms. The molecule has 0 radical (unpaired) electrons. The van der Waals surface area contributed by atoms with Crippen LogP contribution in [0.3, 0.4) is 0 Å². The second-order valence-corrected chi connectivity index (χ2v) is 7.53. The molecule has 0 aliphatic carbocycles. The molecule has 0 unspecified atom stereocenters. The van der Waals surface area contributed by atoms with Crippen molar-refractivity contribution in [1.82, 2.24) is 10.6 Å². The number of carbonyl (C=O) groups is 1. The summed E-state index contributed by atoms with van der Waals surface area (Å²) in [6, 6.07) is 13.1. The molecule has 1 amide bonds. The van der Waals surface area contributed by atoms with E-state index in [1.807, 2.05) is 57.2 Å². The van der Waals surface area contributed by atoms with Crippen LogP contribution in [0.5, 0.6) is 11.5 Å². The maximum Gasteiger partial charge on any atom is 0.251 e. The summed E-state index contributed by atoms with van der Waals surface area (Å²) in [5, 5.41) is 9.44. The molecule has 0 saturated heterocycles. The molecular formula is C22H31IN4O3. The van der Waals surface area contributed by atoms with Crippen LogP contribution in [0.25, 0.3) is 0 Å². The average molecular weight is 526 g/mol. The minimum atomic E-state index is -0.281. The molecule has 0 aromatic heterocycles. The van der Waals surface area contributed by atoms with Gasteiger partial charge in [-0.3, -0.25) is 9.79 Å². The summed E-state index contributed by atoms with van der Waals surface area (Å²) in [5.74, 6) is 1.80. The fraction of sp³-hybridized carbons (Fsp3) is 0.364. The zero-order valence-corrected chi connectivity index (χ0v) is 20.7. The van der Waals surface area contributed by atoms with E-state index in [-0.39, 0.29) is 35.4 Å². The molecule has 0 saturated carbocycles. The second kappa shape index (κ2) is 11.6. The zero-order chi connectivity index (χ0) is 21.4. The van der Waals surface area contributed by atoms with Crippen LogP contribution in [0.4, 0.5) is 5.69 Å². The predicted molar refractivity (Wildman–Crippen MR) is 132 cm³/mol. The molecule has 0 heterocycles. The van der Waals surface area contributed by atoms with Crippen LogP contribution in [-0.2, 0) is 6.54 Å². The second-order valence-electron chi connectivity index (χ2n) is 7.53. The molecule has 0 spiro atoms. The summed E-state index contributed by atoms with van der Waals surface area (Å²) in [6.45, 7) is 6.39. The minimum Gasteiger partial charge on any atom is -0.493 e. The van der Waals surface area contributed by atoms with Crippen LogP contribution in [0.1, 0.15) is 36.7 Å². The van der Waals surface area contributed by atoms with Crippen molar-refractivity contribution in [3.05, 3.63) is 53.6 Å². The molecule has 0 aliphatic rings. The molecule has 3 N–H and O–H groups in total. The summed E-state index contributed by atoms with van der Waals surface area (Å²) in [5.41, 5.74) is 2.13. The number of carbonyl (C=O) groups excluding carboxylic acids is 1. The van der Waals surface area contributed by atoms with Gasteiger partial charge in [-0.25, -0.2) is 0 Å². The Morgan fingerprint density at radius 2 is 1.73 bits per heavy atom. The van der Waals surface area contributed by atoms with E-state index in [2.05, 4.69) is 20.9 Å². The van der Waals surface area contributed by atoms with Crippen LogP contribution >= 0.6 is 24.0 Å². The van der Waals surface area contributed by atoms with E-state index < -0.39 is 0 Å². The molecule has 0 aliphatic heterocycles. The third-order valence-electron chi connectivity index (χ3n) is 4.01. The Labute approximate surface area is 195 Å². The Kier molecular flexibility index (Phi) is 9.91. The summed E-state index contributed by atoms with van der Waals surface area (Å²) in [6.07, 6.45) is 0. The standard InChI is InChI=1S/C22H30N4O3.HI/c1-22(2,3)26-20(27)16-9-7-8-15(12-16)14-24-21(23-4)25-17-10-11-18(28-5)19(13-17)29-6;/h7-13H,14H2,1-6H3,(H,26,27)(H2,23,24,25);1H. The Morgan fingerprint density at radius 3 is 2.33 bits per heavy atom. The maximum absolute atomic E-state index is 12.4. The Hall–Kier alpha value is -2.49. The summed E-state index contributed by atoms with van der Waals surface area (Å²) in [4.78, 5) is 16.6. The van der Waals surface area contributed by atoms with E-state index in [0.29, 0.717) is 29.6 Å². The maximum atomic E-state index is 12.4. The monoisotopic (exact) mass is 526 g/mol. The number of nitrogens with zero attached hydrogens (tertiary/aromatic N) is 1. The van der Waals surface area contributed by atoms with E-state index in [9.17, 15) is 4.79 Å². The first-order valence-electron chi connectivity index (χ1n) is 9.37. The third kappa shape index (κ3) is 7.74. The zero-order valence-electron chi connectivity index (χ0n) is 18.3. The Bertz CT molecular complexity index is 879. The molecule has 2 rings (SSSR count). The summed E-state index contributed by atoms with van der Waals surface area (Å²) >= 11 is 0. The molecule has 0 atom stereocenters. The number of halogens is 1. The molecule has 0 fully saturated rings. The van der Waals surface area contributed by atoms with Crippen molar-refractivity contribution in [2.75, 3.05) is 26.6 Å². The number of amides is 1. The van der Waals surface area contributed by atoms with Gasteiger partial charge >= 0.3 is 0 Å². The van der Waals surface area contributed by atoms with Crippen molar-refractivity contribution in [2.45, 2.75) is 32.9 Å². The van der Waals surface area contributed by atoms with E-state index in [4.69, 9.17) is 9.47 Å². The highest BCUT2D eigenvalue weighted by Crippen LogP contribution is 2.29. The number of hydrogen-bond donors (Lipinski definition) is 3. The summed E-state index contributed by atoms with van der Waals surface area (Å²) < 4.78 is 10.6. The van der Waals surface area contributed by atoms with Crippen molar-refractivity contribution in [2.24, 2.45) is 4.99 Å². The number of guanidine groups is 1. The lowest BCUT2D eigenvalue weighted by Gasteiger charge is -2.20. The van der Waals surface area contributed by atoms with Gasteiger partial charge in [0.1, 0.15) is 0 Å². The minimum absolute atomic E-state index is 0. The molecule has 30 heavy (non-hydrogen) atoms. The lowest BCUT2D eigenvalue weighted by molar-refractivity contribution is 0.0919. The first-order chi connectivity index (χ1) is 13.8. The highest BCUT2D eigenvalue weighted by Gasteiger charge is 2.15. The van der Waals surface area contributed by atoms with Gasteiger partial charge in [-0.15, -0.1) is 24.0 Å². The number of aliphatic imine (C=N–C) groups is 1. The normalized spacial score (nSPS) is 11.2. The van der Waals surface area contributed by atoms with Gasteiger partial charge in [0.05, 0.1) is 14.2 Å². The lowest BCUT2D eigenvalue weighted by atomic mass is 10.1. The lowest BCUT2D eigenvalue weighted by Crippen LogP contribution is -2.40. The predicted octanol–water partition coefficient (Wildman–Crippen LogP) is 4.04. The smallest absolute Gasteiger partial charge is 0.251 e. The molecule has 2 aromatic rings. The number of hydrogen-bond acceptors (Lipinski definition) is 4. The van der Waals surface area contributed by atoms with Gasteiger partial charge in [-0.2, -0.15) is 0 Å². The van der Waals surface area contributed by atoms with Crippen molar-refractivity contribution in [1.29, 1.82) is 0 Å². The van der Waals surface area contributed by atoms with Crippen LogP contribution in [-0.4, -0.2) is 38.7 Å². The Balaban J connectivity index is 0.00000450. The SMILES string of the molecule is CN=C(NCc1cccc(C(=O)NC(C)(C)C)c1)Nc1ccc(OC)c(OC)c1.I. The van der Waals surface area contributed by atoms with Crippen LogP contribution in [0.15, 0.2) is 47.5 Å². The Morgan fingerprint density at radius 1 is 1.03 bits per heavy atom. The quantitative estimate of drug-likeness (QED) is 0.301. The van der Waals surface area contributed by atoms with Crippen molar-refractivity contribution < 1.29 is 14.3 Å². The van der Waals surface area contributed by atoms with Gasteiger partial charge in [-0.1, -0.05) is 12.1 Å². The highest BCUT2D eigenvalue weighted by molar-refractivity contribution is 14.0. The number of benzene rings is 2. The van der Waals surface area contributed by atoms with Crippen LogP contribution < -0.4 is 25.4 Å².